The Hall–Kier alpha value is -0.650. The lowest BCUT2D eigenvalue weighted by molar-refractivity contribution is -0.143. The Kier molecular flexibility index (Phi) is 4.01. The zero-order chi connectivity index (χ0) is 12.3. The van der Waals surface area contributed by atoms with Crippen LogP contribution in [0.25, 0.3) is 0 Å². The second kappa shape index (κ2) is 5.33. The van der Waals surface area contributed by atoms with Gasteiger partial charge < -0.3 is 19.5 Å². The molecular weight excluding hydrogens is 222 g/mol. The quantitative estimate of drug-likeness (QED) is 0.730. The zero-order valence-electron chi connectivity index (χ0n) is 10.5. The van der Waals surface area contributed by atoms with Gasteiger partial charge in [0.25, 0.3) is 0 Å². The van der Waals surface area contributed by atoms with Gasteiger partial charge in [0.2, 0.25) is 0 Å². The molecule has 2 aliphatic heterocycles. The van der Waals surface area contributed by atoms with Crippen molar-refractivity contribution in [1.82, 2.24) is 5.32 Å². The molecule has 0 aromatic heterocycles. The van der Waals surface area contributed by atoms with E-state index >= 15 is 0 Å². The number of hydrogen-bond donors (Lipinski definition) is 1. The fourth-order valence-electron chi connectivity index (χ4n) is 2.63. The molecule has 1 N–H and O–H groups in total. The molecule has 0 amide bonds. The normalized spacial score (nSPS) is 34.8. The summed E-state index contributed by atoms with van der Waals surface area (Å²) in [4.78, 5) is 11.4. The Labute approximate surface area is 102 Å². The smallest absolute Gasteiger partial charge is 0.322 e. The molecule has 98 valence electrons. The third-order valence-corrected chi connectivity index (χ3v) is 3.60. The molecule has 0 aromatic carbocycles. The Morgan fingerprint density at radius 3 is 3.00 bits per heavy atom. The van der Waals surface area contributed by atoms with E-state index in [2.05, 4.69) is 5.32 Å². The molecule has 0 bridgehead atoms. The maximum Gasteiger partial charge on any atom is 0.322 e. The molecule has 17 heavy (non-hydrogen) atoms. The first-order chi connectivity index (χ1) is 8.15. The van der Waals surface area contributed by atoms with Crippen LogP contribution in [-0.2, 0) is 19.0 Å². The van der Waals surface area contributed by atoms with Crippen molar-refractivity contribution in [3.05, 3.63) is 0 Å². The fourth-order valence-corrected chi connectivity index (χ4v) is 2.63. The van der Waals surface area contributed by atoms with Crippen LogP contribution in [0, 0.1) is 0 Å². The number of carbonyl (C=O) groups is 1. The molecule has 0 aromatic rings. The molecule has 5 nitrogen and oxygen atoms in total. The van der Waals surface area contributed by atoms with Gasteiger partial charge in [-0.1, -0.05) is 0 Å². The Morgan fingerprint density at radius 1 is 1.53 bits per heavy atom. The number of methoxy groups -OCH3 is 1. The average molecular weight is 243 g/mol. The first-order valence-electron chi connectivity index (χ1n) is 6.21. The van der Waals surface area contributed by atoms with Crippen molar-refractivity contribution in [2.75, 3.05) is 26.9 Å². The van der Waals surface area contributed by atoms with E-state index in [1.807, 2.05) is 6.92 Å². The summed E-state index contributed by atoms with van der Waals surface area (Å²) >= 11 is 0. The summed E-state index contributed by atoms with van der Waals surface area (Å²) in [7, 11) is 1.41. The molecule has 2 aliphatic rings. The van der Waals surface area contributed by atoms with Gasteiger partial charge in [0.1, 0.15) is 6.04 Å². The highest BCUT2D eigenvalue weighted by atomic mass is 16.6. The first kappa shape index (κ1) is 12.8. The highest BCUT2D eigenvalue weighted by Crippen LogP contribution is 2.32. The molecule has 0 aliphatic carbocycles. The van der Waals surface area contributed by atoms with Crippen LogP contribution in [0.5, 0.6) is 0 Å². The summed E-state index contributed by atoms with van der Waals surface area (Å²) in [6.07, 6.45) is 2.80. The number of hydrogen-bond acceptors (Lipinski definition) is 5. The van der Waals surface area contributed by atoms with Crippen molar-refractivity contribution in [3.63, 3.8) is 0 Å². The van der Waals surface area contributed by atoms with E-state index in [1.54, 1.807) is 0 Å². The molecule has 2 saturated heterocycles. The topological polar surface area (TPSA) is 56.8 Å². The number of nitrogens with one attached hydrogen (secondary N) is 1. The molecule has 2 rings (SSSR count). The lowest BCUT2D eigenvalue weighted by Gasteiger charge is -2.38. The minimum atomic E-state index is -0.262. The molecule has 0 saturated carbocycles. The molecule has 5 heteroatoms. The first-order valence-corrected chi connectivity index (χ1v) is 6.21. The number of ether oxygens (including phenoxy) is 3. The maximum absolute atomic E-state index is 11.4. The summed E-state index contributed by atoms with van der Waals surface area (Å²) in [6.45, 7) is 4.02. The van der Waals surface area contributed by atoms with Crippen molar-refractivity contribution >= 4 is 5.97 Å². The fraction of sp³-hybridized carbons (Fsp3) is 0.917. The second-order valence-corrected chi connectivity index (χ2v) is 4.94. The lowest BCUT2D eigenvalue weighted by atomic mass is 9.89. The summed E-state index contributed by atoms with van der Waals surface area (Å²) in [5, 5.41) is 3.31. The van der Waals surface area contributed by atoms with E-state index in [0.29, 0.717) is 12.6 Å². The summed E-state index contributed by atoms with van der Waals surface area (Å²) in [5.74, 6) is -0.215. The third-order valence-electron chi connectivity index (χ3n) is 3.60. The van der Waals surface area contributed by atoms with E-state index in [1.165, 1.54) is 7.11 Å². The average Bonchev–Trinajstić information content (AvgIpc) is 2.76. The number of rotatable bonds is 3. The maximum atomic E-state index is 11.4. The number of carbonyl (C=O) groups excluding carboxylic acids is 1. The molecule has 3 unspecified atom stereocenters. The van der Waals surface area contributed by atoms with Crippen LogP contribution in [0.3, 0.4) is 0 Å². The monoisotopic (exact) mass is 243 g/mol. The summed E-state index contributed by atoms with van der Waals surface area (Å²) < 4.78 is 16.0. The van der Waals surface area contributed by atoms with Crippen LogP contribution in [0.2, 0.25) is 0 Å². The minimum Gasteiger partial charge on any atom is -0.468 e. The molecule has 0 radical (unpaired) electrons. The SMILES string of the molecule is COC(=O)C(C)NC1CCOC2(CCOC2)C1. The van der Waals surface area contributed by atoms with Crippen LogP contribution in [0.15, 0.2) is 0 Å². The zero-order valence-corrected chi connectivity index (χ0v) is 10.5. The Balaban J connectivity index is 1.87. The van der Waals surface area contributed by atoms with Gasteiger partial charge in [0.15, 0.2) is 0 Å². The third kappa shape index (κ3) is 2.97. The van der Waals surface area contributed by atoms with Gasteiger partial charge >= 0.3 is 5.97 Å². The van der Waals surface area contributed by atoms with Gasteiger partial charge in [-0.05, 0) is 19.8 Å². The highest BCUT2D eigenvalue weighted by molar-refractivity contribution is 5.75. The predicted molar refractivity (Wildman–Crippen MR) is 61.8 cm³/mol. The van der Waals surface area contributed by atoms with E-state index in [9.17, 15) is 4.79 Å². The van der Waals surface area contributed by atoms with Crippen molar-refractivity contribution in [1.29, 1.82) is 0 Å². The van der Waals surface area contributed by atoms with Crippen LogP contribution >= 0.6 is 0 Å². The van der Waals surface area contributed by atoms with Gasteiger partial charge in [0.05, 0.1) is 19.3 Å². The van der Waals surface area contributed by atoms with Crippen LogP contribution in [-0.4, -0.2) is 50.6 Å². The number of esters is 1. The Bertz CT molecular complexity index is 276. The van der Waals surface area contributed by atoms with Gasteiger partial charge in [-0.15, -0.1) is 0 Å². The summed E-state index contributed by atoms with van der Waals surface area (Å²) in [6, 6.07) is 0.0435. The van der Waals surface area contributed by atoms with Crippen molar-refractivity contribution in [2.24, 2.45) is 0 Å². The van der Waals surface area contributed by atoms with E-state index in [4.69, 9.17) is 14.2 Å². The largest absolute Gasteiger partial charge is 0.468 e. The van der Waals surface area contributed by atoms with Crippen molar-refractivity contribution in [2.45, 2.75) is 43.9 Å². The highest BCUT2D eigenvalue weighted by Gasteiger charge is 2.41. The molecule has 3 atom stereocenters. The van der Waals surface area contributed by atoms with E-state index < -0.39 is 0 Å². The molecular formula is C12H21NO4. The lowest BCUT2D eigenvalue weighted by Crippen LogP contribution is -2.51. The van der Waals surface area contributed by atoms with E-state index in [0.717, 1.165) is 32.5 Å². The molecule has 1 spiro atoms. The molecule has 2 heterocycles. The minimum absolute atomic E-state index is 0.119. The summed E-state index contributed by atoms with van der Waals surface area (Å²) in [5.41, 5.74) is -0.119. The van der Waals surface area contributed by atoms with Crippen molar-refractivity contribution in [3.8, 4) is 0 Å². The van der Waals surface area contributed by atoms with E-state index in [-0.39, 0.29) is 17.6 Å². The van der Waals surface area contributed by atoms with Crippen LogP contribution in [0.1, 0.15) is 26.2 Å². The van der Waals surface area contributed by atoms with Gasteiger partial charge in [-0.2, -0.15) is 0 Å². The second-order valence-electron chi connectivity index (χ2n) is 4.94. The Morgan fingerprint density at radius 2 is 2.35 bits per heavy atom. The van der Waals surface area contributed by atoms with Gasteiger partial charge in [-0.25, -0.2) is 0 Å². The van der Waals surface area contributed by atoms with Crippen LogP contribution < -0.4 is 5.32 Å². The van der Waals surface area contributed by atoms with Crippen LogP contribution in [0.4, 0.5) is 0 Å². The van der Waals surface area contributed by atoms with Gasteiger partial charge in [-0.3, -0.25) is 4.79 Å². The molecule has 2 fully saturated rings. The van der Waals surface area contributed by atoms with Gasteiger partial charge in [0, 0.05) is 25.7 Å². The standard InChI is InChI=1S/C12H21NO4/c1-9(11(14)15-2)13-10-3-5-17-12(7-10)4-6-16-8-12/h9-10,13H,3-8H2,1-2H3. The predicted octanol–water partition coefficient (Wildman–Crippen LogP) is 0.476. The van der Waals surface area contributed by atoms with Crippen molar-refractivity contribution < 1.29 is 19.0 Å².